The standard InChI is InChI=1S/C12H18O3/c1-2-14-10-11(13)8-9-15-12-6-4-3-5-7-12/h3-7,11,13H,2,8-10H2,1H3. The molecule has 0 bridgehead atoms. The fourth-order valence-corrected chi connectivity index (χ4v) is 1.17. The van der Waals surface area contributed by atoms with Crippen LogP contribution in [0.3, 0.4) is 0 Å². The summed E-state index contributed by atoms with van der Waals surface area (Å²) in [6, 6.07) is 9.58. The number of hydrogen-bond acceptors (Lipinski definition) is 3. The second-order valence-corrected chi connectivity index (χ2v) is 3.26. The first-order valence-electron chi connectivity index (χ1n) is 5.26. The van der Waals surface area contributed by atoms with Crippen molar-refractivity contribution in [3.05, 3.63) is 30.3 Å². The van der Waals surface area contributed by atoms with E-state index in [4.69, 9.17) is 9.47 Å². The average Bonchev–Trinajstić information content (AvgIpc) is 2.28. The monoisotopic (exact) mass is 210 g/mol. The summed E-state index contributed by atoms with van der Waals surface area (Å²) in [4.78, 5) is 0. The molecule has 1 atom stereocenters. The van der Waals surface area contributed by atoms with Gasteiger partial charge in [0.2, 0.25) is 0 Å². The van der Waals surface area contributed by atoms with Crippen LogP contribution in [0.15, 0.2) is 30.3 Å². The van der Waals surface area contributed by atoms with Gasteiger partial charge < -0.3 is 14.6 Å². The largest absolute Gasteiger partial charge is 0.493 e. The molecule has 0 aliphatic carbocycles. The minimum Gasteiger partial charge on any atom is -0.493 e. The van der Waals surface area contributed by atoms with Gasteiger partial charge in [0.15, 0.2) is 0 Å². The maximum Gasteiger partial charge on any atom is 0.119 e. The Morgan fingerprint density at radius 3 is 2.67 bits per heavy atom. The number of benzene rings is 1. The third-order valence-corrected chi connectivity index (χ3v) is 1.98. The zero-order valence-electron chi connectivity index (χ0n) is 9.06. The number of aliphatic hydroxyl groups excluding tert-OH is 1. The highest BCUT2D eigenvalue weighted by molar-refractivity contribution is 5.20. The SMILES string of the molecule is CCOCC(O)CCOc1ccccc1. The van der Waals surface area contributed by atoms with E-state index in [0.29, 0.717) is 26.2 Å². The molecular weight excluding hydrogens is 192 g/mol. The Kier molecular flexibility index (Phi) is 5.81. The van der Waals surface area contributed by atoms with Crippen LogP contribution in [0.5, 0.6) is 5.75 Å². The lowest BCUT2D eigenvalue weighted by Gasteiger charge is -2.11. The minimum absolute atomic E-state index is 0.384. The molecule has 0 amide bonds. The van der Waals surface area contributed by atoms with Crippen LogP contribution in [-0.2, 0) is 4.74 Å². The van der Waals surface area contributed by atoms with Crippen molar-refractivity contribution in [1.82, 2.24) is 0 Å². The smallest absolute Gasteiger partial charge is 0.119 e. The lowest BCUT2D eigenvalue weighted by molar-refractivity contribution is 0.0310. The van der Waals surface area contributed by atoms with Crippen LogP contribution in [0.2, 0.25) is 0 Å². The molecule has 1 aromatic carbocycles. The molecule has 1 aromatic rings. The number of ether oxygens (including phenoxy) is 2. The highest BCUT2D eigenvalue weighted by atomic mass is 16.5. The number of rotatable bonds is 7. The molecule has 84 valence electrons. The van der Waals surface area contributed by atoms with E-state index in [0.717, 1.165) is 5.75 Å². The molecule has 0 heterocycles. The predicted molar refractivity (Wildman–Crippen MR) is 59.1 cm³/mol. The summed E-state index contributed by atoms with van der Waals surface area (Å²) in [5.41, 5.74) is 0. The second-order valence-electron chi connectivity index (χ2n) is 3.26. The summed E-state index contributed by atoms with van der Waals surface area (Å²) < 4.78 is 10.5. The van der Waals surface area contributed by atoms with Crippen LogP contribution in [0, 0.1) is 0 Å². The van der Waals surface area contributed by atoms with E-state index in [1.807, 2.05) is 37.3 Å². The van der Waals surface area contributed by atoms with Crippen LogP contribution in [0.4, 0.5) is 0 Å². The van der Waals surface area contributed by atoms with E-state index < -0.39 is 6.10 Å². The molecule has 0 radical (unpaired) electrons. The summed E-state index contributed by atoms with van der Waals surface area (Å²) in [5.74, 6) is 0.834. The third-order valence-electron chi connectivity index (χ3n) is 1.98. The van der Waals surface area contributed by atoms with Crippen molar-refractivity contribution in [3.8, 4) is 5.75 Å². The van der Waals surface area contributed by atoms with Crippen LogP contribution < -0.4 is 4.74 Å². The Hall–Kier alpha value is -1.06. The molecule has 0 saturated heterocycles. The van der Waals surface area contributed by atoms with Gasteiger partial charge in [-0.25, -0.2) is 0 Å². The molecule has 3 heteroatoms. The maximum absolute atomic E-state index is 9.45. The molecule has 0 aliphatic heterocycles. The van der Waals surface area contributed by atoms with Gasteiger partial charge in [-0.3, -0.25) is 0 Å². The molecule has 3 nitrogen and oxygen atoms in total. The summed E-state index contributed by atoms with van der Waals surface area (Å²) in [6.45, 7) is 3.44. The van der Waals surface area contributed by atoms with E-state index in [-0.39, 0.29) is 0 Å². The van der Waals surface area contributed by atoms with E-state index in [1.54, 1.807) is 0 Å². The summed E-state index contributed by atoms with van der Waals surface area (Å²) in [6.07, 6.45) is 0.156. The van der Waals surface area contributed by atoms with Gasteiger partial charge >= 0.3 is 0 Å². The maximum atomic E-state index is 9.45. The molecule has 1 rings (SSSR count). The van der Waals surface area contributed by atoms with E-state index in [2.05, 4.69) is 0 Å². The lowest BCUT2D eigenvalue weighted by Crippen LogP contribution is -2.18. The number of aliphatic hydroxyl groups is 1. The molecule has 0 aromatic heterocycles. The van der Waals surface area contributed by atoms with Crippen LogP contribution in [0.25, 0.3) is 0 Å². The van der Waals surface area contributed by atoms with Gasteiger partial charge in [-0.15, -0.1) is 0 Å². The van der Waals surface area contributed by atoms with Crippen molar-refractivity contribution in [2.24, 2.45) is 0 Å². The van der Waals surface area contributed by atoms with Gasteiger partial charge in [0.1, 0.15) is 5.75 Å². The van der Waals surface area contributed by atoms with Crippen molar-refractivity contribution in [1.29, 1.82) is 0 Å². The molecule has 15 heavy (non-hydrogen) atoms. The Morgan fingerprint density at radius 1 is 1.27 bits per heavy atom. The van der Waals surface area contributed by atoms with Crippen LogP contribution in [-0.4, -0.2) is 31.0 Å². The highest BCUT2D eigenvalue weighted by Crippen LogP contribution is 2.08. The van der Waals surface area contributed by atoms with Crippen LogP contribution >= 0.6 is 0 Å². The summed E-state index contributed by atoms with van der Waals surface area (Å²) >= 11 is 0. The topological polar surface area (TPSA) is 38.7 Å². The van der Waals surface area contributed by atoms with Gasteiger partial charge in [0.25, 0.3) is 0 Å². The second kappa shape index (κ2) is 7.26. The summed E-state index contributed by atoms with van der Waals surface area (Å²) in [7, 11) is 0. The fourth-order valence-electron chi connectivity index (χ4n) is 1.17. The Morgan fingerprint density at radius 2 is 2.00 bits per heavy atom. The van der Waals surface area contributed by atoms with Gasteiger partial charge in [-0.2, -0.15) is 0 Å². The normalized spacial score (nSPS) is 12.4. The molecule has 1 N–H and O–H groups in total. The van der Waals surface area contributed by atoms with Crippen molar-refractivity contribution in [2.75, 3.05) is 19.8 Å². The molecule has 1 unspecified atom stereocenters. The van der Waals surface area contributed by atoms with Gasteiger partial charge in [-0.05, 0) is 19.1 Å². The average molecular weight is 210 g/mol. The minimum atomic E-state index is -0.436. The fraction of sp³-hybridized carbons (Fsp3) is 0.500. The van der Waals surface area contributed by atoms with E-state index in [1.165, 1.54) is 0 Å². The van der Waals surface area contributed by atoms with Crippen molar-refractivity contribution < 1.29 is 14.6 Å². The van der Waals surface area contributed by atoms with Crippen molar-refractivity contribution >= 4 is 0 Å². The quantitative estimate of drug-likeness (QED) is 0.746. The van der Waals surface area contributed by atoms with E-state index >= 15 is 0 Å². The zero-order valence-corrected chi connectivity index (χ0v) is 9.06. The third kappa shape index (κ3) is 5.40. The molecule has 0 spiro atoms. The molecule has 0 aliphatic rings. The van der Waals surface area contributed by atoms with Crippen molar-refractivity contribution in [3.63, 3.8) is 0 Å². The molecule has 0 fully saturated rings. The van der Waals surface area contributed by atoms with Crippen molar-refractivity contribution in [2.45, 2.75) is 19.4 Å². The van der Waals surface area contributed by atoms with Crippen LogP contribution in [0.1, 0.15) is 13.3 Å². The van der Waals surface area contributed by atoms with Gasteiger partial charge in [-0.1, -0.05) is 18.2 Å². The Balaban J connectivity index is 2.11. The van der Waals surface area contributed by atoms with Gasteiger partial charge in [0.05, 0.1) is 19.3 Å². The van der Waals surface area contributed by atoms with Gasteiger partial charge in [0, 0.05) is 13.0 Å². The highest BCUT2D eigenvalue weighted by Gasteiger charge is 2.03. The first-order valence-corrected chi connectivity index (χ1v) is 5.26. The zero-order chi connectivity index (χ0) is 10.9. The number of para-hydroxylation sites is 1. The Bertz CT molecular complexity index is 248. The lowest BCUT2D eigenvalue weighted by atomic mass is 10.3. The Labute approximate surface area is 90.6 Å². The molecular formula is C12H18O3. The summed E-state index contributed by atoms with van der Waals surface area (Å²) in [5, 5.41) is 9.45. The first-order chi connectivity index (χ1) is 7.33. The first kappa shape index (κ1) is 12.0. The predicted octanol–water partition coefficient (Wildman–Crippen LogP) is 1.85. The number of hydrogen-bond donors (Lipinski definition) is 1. The molecule has 0 saturated carbocycles. The van der Waals surface area contributed by atoms with E-state index in [9.17, 15) is 5.11 Å².